The molecule has 187 valence electrons. The molecule has 0 aromatic rings. The Balaban J connectivity index is 2.29. The number of aliphatic hydroxyl groups is 1. The molecule has 9 nitrogen and oxygen atoms in total. The number of hydrogen-bond acceptors (Lipinski definition) is 6. The lowest BCUT2D eigenvalue weighted by Gasteiger charge is -2.38. The van der Waals surface area contributed by atoms with Crippen LogP contribution in [-0.4, -0.2) is 73.2 Å². The van der Waals surface area contributed by atoms with Gasteiger partial charge in [-0.2, -0.15) is 0 Å². The molecule has 0 bridgehead atoms. The second-order valence-electron chi connectivity index (χ2n) is 11.4. The molecule has 5 N–H and O–H groups in total. The number of primary amides is 1. The summed E-state index contributed by atoms with van der Waals surface area (Å²) in [6, 6.07) is -2.06. The topological polar surface area (TPSA) is 134 Å². The largest absolute Gasteiger partial charge is 0.427 e. The molecule has 0 aromatic carbocycles. The van der Waals surface area contributed by atoms with Gasteiger partial charge in [0, 0.05) is 13.7 Å². The van der Waals surface area contributed by atoms with Gasteiger partial charge in [0.25, 0.3) is 0 Å². The maximum Gasteiger partial charge on any atom is 0.396 e. The molecule has 2 rings (SSSR count). The van der Waals surface area contributed by atoms with Gasteiger partial charge in [0.1, 0.15) is 6.04 Å². The molecule has 2 aliphatic rings. The van der Waals surface area contributed by atoms with Crippen LogP contribution in [-0.2, 0) is 19.0 Å². The number of nitrogens with zero attached hydrogens (tertiary/aromatic N) is 1. The predicted octanol–water partition coefficient (Wildman–Crippen LogP) is 0.422. The van der Waals surface area contributed by atoms with Crippen molar-refractivity contribution in [2.75, 3.05) is 13.7 Å². The highest BCUT2D eigenvalue weighted by molar-refractivity contribution is 6.24. The molecule has 0 spiro atoms. The zero-order valence-corrected chi connectivity index (χ0v) is 21.3. The van der Waals surface area contributed by atoms with Gasteiger partial charge >= 0.3 is 7.62 Å². The smallest absolute Gasteiger partial charge is 0.396 e. The molecule has 1 aliphatic heterocycles. The third-order valence-electron chi connectivity index (χ3n) is 7.58. The lowest BCUT2D eigenvalue weighted by atomic mass is 9.83. The Morgan fingerprint density at radius 2 is 1.91 bits per heavy atom. The molecule has 7 atom stereocenters. The van der Waals surface area contributed by atoms with Crippen LogP contribution in [0.25, 0.3) is 0 Å². The van der Waals surface area contributed by atoms with Crippen LogP contribution in [0.3, 0.4) is 0 Å². The van der Waals surface area contributed by atoms with Crippen LogP contribution >= 0.6 is 0 Å². The number of rotatable bonds is 11. The molecule has 10 heteroatoms. The van der Waals surface area contributed by atoms with Gasteiger partial charge in [-0.1, -0.05) is 54.9 Å². The number of aliphatic hydroxyl groups excluding tert-OH is 1. The third kappa shape index (κ3) is 5.89. The summed E-state index contributed by atoms with van der Waals surface area (Å²) in [5.74, 6) is -0.984. The number of carbonyl (C=O) groups excluding carboxylic acids is 3. The van der Waals surface area contributed by atoms with Crippen molar-refractivity contribution < 1.29 is 24.1 Å². The van der Waals surface area contributed by atoms with Crippen LogP contribution in [0.5, 0.6) is 0 Å². The Morgan fingerprint density at radius 1 is 1.30 bits per heavy atom. The highest BCUT2D eigenvalue weighted by Gasteiger charge is 2.69. The number of nitrogens with one attached hydrogen (secondary N) is 2. The van der Waals surface area contributed by atoms with Crippen molar-refractivity contribution in [2.45, 2.75) is 85.5 Å². The van der Waals surface area contributed by atoms with E-state index in [1.807, 2.05) is 34.6 Å². The van der Waals surface area contributed by atoms with Crippen molar-refractivity contribution in [3.05, 3.63) is 0 Å². The van der Waals surface area contributed by atoms with Crippen molar-refractivity contribution in [3.63, 3.8) is 0 Å². The first-order valence-corrected chi connectivity index (χ1v) is 11.9. The van der Waals surface area contributed by atoms with E-state index in [1.165, 1.54) is 14.7 Å². The van der Waals surface area contributed by atoms with E-state index in [4.69, 9.17) is 10.4 Å². The Bertz CT molecular complexity index is 741. The number of carbonyl (C=O) groups is 3. The number of nitrogens with two attached hydrogens (primary N) is 1. The summed E-state index contributed by atoms with van der Waals surface area (Å²) in [5.41, 5.74) is 4.86. The molecular formula is C23H42BN4O5. The number of piperidine rings is 1. The van der Waals surface area contributed by atoms with Crippen molar-refractivity contribution in [3.8, 4) is 0 Å². The lowest BCUT2D eigenvalue weighted by molar-refractivity contribution is -0.144. The molecular weight excluding hydrogens is 423 g/mol. The van der Waals surface area contributed by atoms with Gasteiger partial charge in [-0.3, -0.25) is 14.4 Å². The summed E-state index contributed by atoms with van der Waals surface area (Å²) >= 11 is 0. The van der Waals surface area contributed by atoms with Gasteiger partial charge in [0.15, 0.2) is 6.10 Å². The van der Waals surface area contributed by atoms with Gasteiger partial charge in [-0.25, -0.2) is 0 Å². The molecule has 2 fully saturated rings. The second kappa shape index (κ2) is 10.3. The van der Waals surface area contributed by atoms with Crippen molar-refractivity contribution in [1.29, 1.82) is 0 Å². The Labute approximate surface area is 198 Å². The summed E-state index contributed by atoms with van der Waals surface area (Å²) in [4.78, 5) is 40.5. The van der Waals surface area contributed by atoms with Gasteiger partial charge in [0.05, 0.1) is 12.1 Å². The maximum absolute atomic E-state index is 13.6. The number of hydrogen-bond donors (Lipinski definition) is 4. The van der Waals surface area contributed by atoms with E-state index >= 15 is 0 Å². The fourth-order valence-corrected chi connectivity index (χ4v) is 5.14. The minimum absolute atomic E-state index is 0.0171. The average molecular weight is 465 g/mol. The molecule has 1 radical (unpaired) electrons. The van der Waals surface area contributed by atoms with Gasteiger partial charge in [-0.05, 0) is 35.0 Å². The minimum atomic E-state index is -1.49. The Hall–Kier alpha value is -1.65. The summed E-state index contributed by atoms with van der Waals surface area (Å²) in [6.45, 7) is 14.6. The summed E-state index contributed by atoms with van der Waals surface area (Å²) in [7, 11) is 2.89. The van der Waals surface area contributed by atoms with Crippen molar-refractivity contribution in [2.24, 2.45) is 34.3 Å². The van der Waals surface area contributed by atoms with Crippen molar-refractivity contribution >= 4 is 25.3 Å². The van der Waals surface area contributed by atoms with Crippen LogP contribution in [0.2, 0.25) is 0 Å². The SMILES string of the molecule is CCC(C)CC(NC(=O)[C@@H]1[C@@H]2[C@H](CN1C(=O)[C@@H](N[B]OC)C(C)(C)C)C2(C)C)C(O)C(N)=O. The number of likely N-dealkylation sites (tertiary alicyclic amines) is 1. The molecule has 3 unspecified atom stereocenters. The first kappa shape index (κ1) is 27.6. The van der Waals surface area contributed by atoms with Gasteiger partial charge in [0.2, 0.25) is 17.7 Å². The Morgan fingerprint density at radius 3 is 2.39 bits per heavy atom. The molecule has 1 aliphatic carbocycles. The first-order valence-electron chi connectivity index (χ1n) is 11.9. The van der Waals surface area contributed by atoms with Crippen molar-refractivity contribution in [1.82, 2.24) is 15.4 Å². The first-order chi connectivity index (χ1) is 15.2. The van der Waals surface area contributed by atoms with E-state index in [-0.39, 0.29) is 35.0 Å². The number of fused-ring (bicyclic) bond motifs is 1. The standard InChI is InChI=1S/C23H42BN4O5/c1-9-12(2)10-14(17(29)19(25)30)26-20(31)16-15-13(23(15,6)7)11-28(16)21(32)18(22(3,4)5)27-24-33-8/h12-18,27,29H,9-11H2,1-8H3,(H2,25,30)(H,26,31)/t12?,13-,14?,15-,16-,17?,18+/m0/s1. The highest BCUT2D eigenvalue weighted by Crippen LogP contribution is 2.65. The quantitative estimate of drug-likeness (QED) is 0.327. The fraction of sp³-hybridized carbons (Fsp3) is 0.870. The van der Waals surface area contributed by atoms with E-state index in [1.54, 1.807) is 4.90 Å². The molecule has 1 saturated heterocycles. The molecule has 1 saturated carbocycles. The van der Waals surface area contributed by atoms with Crippen LogP contribution in [0, 0.1) is 28.6 Å². The van der Waals surface area contributed by atoms with Gasteiger partial charge in [-0.15, -0.1) is 0 Å². The monoisotopic (exact) mass is 465 g/mol. The maximum atomic E-state index is 13.6. The normalized spacial score (nSPS) is 27.2. The van der Waals surface area contributed by atoms with E-state index in [0.29, 0.717) is 13.0 Å². The Kier molecular flexibility index (Phi) is 8.63. The van der Waals surface area contributed by atoms with E-state index in [0.717, 1.165) is 6.42 Å². The summed E-state index contributed by atoms with van der Waals surface area (Å²) < 4.78 is 5.01. The van der Waals surface area contributed by atoms with Crippen LogP contribution < -0.4 is 16.3 Å². The van der Waals surface area contributed by atoms with E-state index in [2.05, 4.69) is 24.4 Å². The number of amides is 3. The zero-order chi connectivity index (χ0) is 25.3. The van der Waals surface area contributed by atoms with Crippen LogP contribution in [0.4, 0.5) is 0 Å². The fourth-order valence-electron chi connectivity index (χ4n) is 5.14. The molecule has 1 heterocycles. The van der Waals surface area contributed by atoms with Crippen LogP contribution in [0.15, 0.2) is 0 Å². The lowest BCUT2D eigenvalue weighted by Crippen LogP contribution is -2.60. The van der Waals surface area contributed by atoms with Crippen LogP contribution in [0.1, 0.15) is 61.3 Å². The summed E-state index contributed by atoms with van der Waals surface area (Å²) in [6.07, 6.45) is -0.241. The highest BCUT2D eigenvalue weighted by atomic mass is 16.4. The summed E-state index contributed by atoms with van der Waals surface area (Å²) in [5, 5.41) is 16.3. The minimum Gasteiger partial charge on any atom is -0.427 e. The van der Waals surface area contributed by atoms with Gasteiger partial charge < -0.3 is 30.9 Å². The van der Waals surface area contributed by atoms with E-state index in [9.17, 15) is 19.5 Å². The average Bonchev–Trinajstić information content (AvgIpc) is 3.05. The zero-order valence-electron chi connectivity index (χ0n) is 21.3. The van der Waals surface area contributed by atoms with E-state index < -0.39 is 35.6 Å². The molecule has 3 amide bonds. The molecule has 33 heavy (non-hydrogen) atoms. The molecule has 0 aromatic heterocycles. The second-order valence-corrected chi connectivity index (χ2v) is 11.4. The third-order valence-corrected chi connectivity index (χ3v) is 7.58. The predicted molar refractivity (Wildman–Crippen MR) is 127 cm³/mol.